The number of hydrogen-bond acceptors (Lipinski definition) is 6. The van der Waals surface area contributed by atoms with Gasteiger partial charge in [0.1, 0.15) is 33.6 Å². The van der Waals surface area contributed by atoms with Gasteiger partial charge in [-0.2, -0.15) is 0 Å². The molecule has 0 aliphatic carbocycles. The summed E-state index contributed by atoms with van der Waals surface area (Å²) in [5.74, 6) is 0.609. The van der Waals surface area contributed by atoms with E-state index < -0.39 is 5.91 Å². The molecule has 190 valence electrons. The summed E-state index contributed by atoms with van der Waals surface area (Å²) in [5, 5.41) is 4.69. The second-order valence-corrected chi connectivity index (χ2v) is 10.8. The maximum Gasteiger partial charge on any atom is 0.262 e. The first kappa shape index (κ1) is 26.5. The Kier molecular flexibility index (Phi) is 8.62. The minimum atomic E-state index is -0.560. The second kappa shape index (κ2) is 11.7. The third-order valence-electron chi connectivity index (χ3n) is 6.08. The zero-order chi connectivity index (χ0) is 25.8. The molecule has 9 heteroatoms. The molecule has 0 unspecified atom stereocenters. The number of aryl methyl sites for hydroxylation is 1. The standard InChI is InChI=1S/C27H29BrClN3O3S/c1-4-32(25-16(2)9-10-21(24(25)28)35-18-11-13-31-14-12-18)23-15-22(26(36-23)27(30)33)34-17(3)19-7-5-6-8-20(19)29/h4-10,15,17-18,31H,1,11-14H2,2-3H3,(H2,30,33)/t17-/m1/s1. The molecule has 3 N–H and O–H groups in total. The number of carbonyl (C=O) groups is 1. The largest absolute Gasteiger partial charge is 0.489 e. The average molecular weight is 591 g/mol. The highest BCUT2D eigenvalue weighted by Gasteiger charge is 2.25. The van der Waals surface area contributed by atoms with Gasteiger partial charge < -0.3 is 25.4 Å². The molecule has 2 heterocycles. The van der Waals surface area contributed by atoms with E-state index >= 15 is 0 Å². The van der Waals surface area contributed by atoms with Gasteiger partial charge in [-0.3, -0.25) is 4.79 Å². The minimum absolute atomic E-state index is 0.157. The molecule has 0 saturated carbocycles. The number of amides is 1. The maximum atomic E-state index is 12.3. The van der Waals surface area contributed by atoms with Crippen molar-refractivity contribution in [1.82, 2.24) is 5.32 Å². The predicted octanol–water partition coefficient (Wildman–Crippen LogP) is 7.12. The van der Waals surface area contributed by atoms with Crippen molar-refractivity contribution in [2.45, 2.75) is 38.9 Å². The second-order valence-electron chi connectivity index (χ2n) is 8.59. The van der Waals surface area contributed by atoms with E-state index in [1.807, 2.05) is 61.2 Å². The van der Waals surface area contributed by atoms with E-state index in [-0.39, 0.29) is 12.2 Å². The number of primary amides is 1. The molecule has 4 rings (SSSR count). The molecule has 0 bridgehead atoms. The first-order valence-corrected chi connectivity index (χ1v) is 13.7. The maximum absolute atomic E-state index is 12.3. The lowest BCUT2D eigenvalue weighted by atomic mass is 10.1. The van der Waals surface area contributed by atoms with Crippen LogP contribution >= 0.6 is 38.9 Å². The number of ether oxygens (including phenoxy) is 2. The lowest BCUT2D eigenvalue weighted by Gasteiger charge is -2.27. The highest BCUT2D eigenvalue weighted by Crippen LogP contribution is 2.46. The van der Waals surface area contributed by atoms with Gasteiger partial charge in [0.2, 0.25) is 0 Å². The quantitative estimate of drug-likeness (QED) is 0.277. The van der Waals surface area contributed by atoms with E-state index in [9.17, 15) is 4.79 Å². The summed E-state index contributed by atoms with van der Waals surface area (Å²) in [6.45, 7) is 9.83. The van der Waals surface area contributed by atoms with Crippen LogP contribution in [0.2, 0.25) is 5.02 Å². The molecule has 6 nitrogen and oxygen atoms in total. The van der Waals surface area contributed by atoms with Gasteiger partial charge in [-0.05, 0) is 73.4 Å². The van der Waals surface area contributed by atoms with Crippen molar-refractivity contribution < 1.29 is 14.3 Å². The Balaban J connectivity index is 1.67. The number of carbonyl (C=O) groups excluding carboxylic acids is 1. The zero-order valence-corrected chi connectivity index (χ0v) is 23.4. The summed E-state index contributed by atoms with van der Waals surface area (Å²) in [4.78, 5) is 14.6. The van der Waals surface area contributed by atoms with E-state index in [1.54, 1.807) is 6.20 Å². The van der Waals surface area contributed by atoms with E-state index in [0.717, 1.165) is 58.0 Å². The number of rotatable bonds is 9. The van der Waals surface area contributed by atoms with Crippen molar-refractivity contribution in [3.8, 4) is 11.5 Å². The van der Waals surface area contributed by atoms with Crippen molar-refractivity contribution >= 4 is 55.5 Å². The molecule has 1 fully saturated rings. The van der Waals surface area contributed by atoms with Crippen LogP contribution in [-0.4, -0.2) is 25.1 Å². The summed E-state index contributed by atoms with van der Waals surface area (Å²) in [6.07, 6.45) is 3.39. The fourth-order valence-electron chi connectivity index (χ4n) is 4.21. The van der Waals surface area contributed by atoms with Gasteiger partial charge in [-0.1, -0.05) is 42.4 Å². The van der Waals surface area contributed by atoms with Crippen LogP contribution in [0.25, 0.3) is 0 Å². The summed E-state index contributed by atoms with van der Waals surface area (Å²) < 4.78 is 13.3. The van der Waals surface area contributed by atoms with Gasteiger partial charge in [0.15, 0.2) is 0 Å². The number of thiophene rings is 1. The van der Waals surface area contributed by atoms with E-state index in [1.165, 1.54) is 11.3 Å². The molecule has 36 heavy (non-hydrogen) atoms. The number of nitrogens with zero attached hydrogens (tertiary/aromatic N) is 1. The van der Waals surface area contributed by atoms with Crippen molar-refractivity contribution in [3.05, 3.63) is 80.7 Å². The van der Waals surface area contributed by atoms with Crippen LogP contribution in [0.5, 0.6) is 11.5 Å². The van der Waals surface area contributed by atoms with Crippen molar-refractivity contribution in [2.24, 2.45) is 5.73 Å². The SMILES string of the molecule is C=CN(c1cc(O[C@H](C)c2ccccc2Cl)c(C(N)=O)s1)c1c(C)ccc(OC2CCNCC2)c1Br. The lowest BCUT2D eigenvalue weighted by molar-refractivity contribution is 0.0998. The van der Waals surface area contributed by atoms with Gasteiger partial charge in [-0.15, -0.1) is 11.3 Å². The fraction of sp³-hybridized carbons (Fsp3) is 0.296. The van der Waals surface area contributed by atoms with Crippen LogP contribution in [0.15, 0.2) is 59.7 Å². The normalized spacial score (nSPS) is 14.8. The van der Waals surface area contributed by atoms with Crippen LogP contribution < -0.4 is 25.4 Å². The van der Waals surface area contributed by atoms with Crippen LogP contribution in [-0.2, 0) is 0 Å². The molecule has 1 amide bonds. The zero-order valence-electron chi connectivity index (χ0n) is 20.2. The number of benzene rings is 2. The van der Waals surface area contributed by atoms with Gasteiger partial charge in [-0.25, -0.2) is 0 Å². The molecule has 1 aliphatic rings. The molecule has 1 aromatic heterocycles. The van der Waals surface area contributed by atoms with E-state index in [2.05, 4.69) is 27.8 Å². The molecule has 3 aromatic rings. The lowest BCUT2D eigenvalue weighted by Crippen LogP contribution is -2.34. The number of piperidine rings is 1. The number of anilines is 2. The summed E-state index contributed by atoms with van der Waals surface area (Å²) in [6, 6.07) is 13.3. The minimum Gasteiger partial charge on any atom is -0.489 e. The van der Waals surface area contributed by atoms with Gasteiger partial charge >= 0.3 is 0 Å². The first-order valence-electron chi connectivity index (χ1n) is 11.7. The van der Waals surface area contributed by atoms with Gasteiger partial charge in [0.05, 0.1) is 10.2 Å². The third kappa shape index (κ3) is 5.72. The Morgan fingerprint density at radius 2 is 2.00 bits per heavy atom. The molecule has 0 spiro atoms. The van der Waals surface area contributed by atoms with Gasteiger partial charge in [0.25, 0.3) is 5.91 Å². The van der Waals surface area contributed by atoms with E-state index in [0.29, 0.717) is 15.6 Å². The number of halogens is 2. The highest BCUT2D eigenvalue weighted by atomic mass is 79.9. The predicted molar refractivity (Wildman–Crippen MR) is 151 cm³/mol. The third-order valence-corrected chi connectivity index (χ3v) is 8.32. The van der Waals surface area contributed by atoms with E-state index in [4.69, 9.17) is 26.8 Å². The number of nitrogens with two attached hydrogens (primary N) is 1. The average Bonchev–Trinajstić information content (AvgIpc) is 3.28. The molecule has 1 aliphatic heterocycles. The first-order chi connectivity index (χ1) is 17.3. The Hall–Kier alpha value is -2.52. The summed E-state index contributed by atoms with van der Waals surface area (Å²) in [5.41, 5.74) is 8.44. The number of hydrogen-bond donors (Lipinski definition) is 2. The van der Waals surface area contributed by atoms with Crippen LogP contribution in [0.4, 0.5) is 10.7 Å². The van der Waals surface area contributed by atoms with Crippen molar-refractivity contribution in [2.75, 3.05) is 18.0 Å². The van der Waals surface area contributed by atoms with Crippen LogP contribution in [0.3, 0.4) is 0 Å². The molecule has 0 radical (unpaired) electrons. The molecule has 1 atom stereocenters. The molecular weight excluding hydrogens is 562 g/mol. The Bertz CT molecular complexity index is 1260. The topological polar surface area (TPSA) is 76.8 Å². The molecular formula is C27H29BrClN3O3S. The van der Waals surface area contributed by atoms with Crippen molar-refractivity contribution in [3.63, 3.8) is 0 Å². The molecule has 1 saturated heterocycles. The smallest absolute Gasteiger partial charge is 0.262 e. The van der Waals surface area contributed by atoms with Crippen molar-refractivity contribution in [1.29, 1.82) is 0 Å². The number of nitrogens with one attached hydrogen (secondary N) is 1. The molecule has 2 aromatic carbocycles. The fourth-order valence-corrected chi connectivity index (χ4v) is 6.18. The van der Waals surface area contributed by atoms with Crippen LogP contribution in [0.1, 0.15) is 46.7 Å². The Morgan fingerprint density at radius 3 is 2.67 bits per heavy atom. The summed E-state index contributed by atoms with van der Waals surface area (Å²) in [7, 11) is 0. The highest BCUT2D eigenvalue weighted by molar-refractivity contribution is 9.10. The van der Waals surface area contributed by atoms with Gasteiger partial charge in [0, 0.05) is 22.9 Å². The Labute approximate surface area is 229 Å². The summed E-state index contributed by atoms with van der Waals surface area (Å²) >= 11 is 11.4. The Morgan fingerprint density at radius 1 is 1.28 bits per heavy atom. The van der Waals surface area contributed by atoms with Crippen LogP contribution in [0, 0.1) is 6.92 Å². The monoisotopic (exact) mass is 589 g/mol.